The van der Waals surface area contributed by atoms with Gasteiger partial charge in [-0.05, 0) is 31.0 Å². The van der Waals surface area contributed by atoms with E-state index in [0.29, 0.717) is 6.04 Å². The summed E-state index contributed by atoms with van der Waals surface area (Å²) in [7, 11) is -3.58. The van der Waals surface area contributed by atoms with E-state index in [4.69, 9.17) is 5.14 Å². The lowest BCUT2D eigenvalue weighted by Crippen LogP contribution is -2.24. The van der Waals surface area contributed by atoms with Crippen LogP contribution in [0.4, 0.5) is 0 Å². The molecule has 4 nitrogen and oxygen atoms in total. The fourth-order valence-electron chi connectivity index (χ4n) is 1.23. The first-order chi connectivity index (χ1) is 7.43. The SMILES string of the molecule is CCC(C)NCc1ccc(S(N)(=O)=O)cc1. The van der Waals surface area contributed by atoms with Crippen LogP contribution in [0.15, 0.2) is 29.2 Å². The van der Waals surface area contributed by atoms with Crippen LogP contribution in [0.3, 0.4) is 0 Å². The summed E-state index contributed by atoms with van der Waals surface area (Å²) >= 11 is 0. The molecule has 90 valence electrons. The Kier molecular flexibility index (Phi) is 4.46. The van der Waals surface area contributed by atoms with Crippen molar-refractivity contribution in [1.29, 1.82) is 0 Å². The van der Waals surface area contributed by atoms with Gasteiger partial charge in [-0.2, -0.15) is 0 Å². The van der Waals surface area contributed by atoms with Crippen molar-refractivity contribution in [3.63, 3.8) is 0 Å². The number of rotatable bonds is 5. The van der Waals surface area contributed by atoms with Gasteiger partial charge in [-0.3, -0.25) is 0 Å². The largest absolute Gasteiger partial charge is 0.310 e. The maximum absolute atomic E-state index is 11.0. The molecule has 5 heteroatoms. The van der Waals surface area contributed by atoms with E-state index < -0.39 is 10.0 Å². The van der Waals surface area contributed by atoms with Gasteiger partial charge in [-0.25, -0.2) is 13.6 Å². The van der Waals surface area contributed by atoms with Crippen LogP contribution in [-0.4, -0.2) is 14.5 Å². The lowest BCUT2D eigenvalue weighted by atomic mass is 10.2. The van der Waals surface area contributed by atoms with Crippen LogP contribution in [0.5, 0.6) is 0 Å². The molecule has 0 fully saturated rings. The Bertz CT molecular complexity index is 426. The smallest absolute Gasteiger partial charge is 0.238 e. The average molecular weight is 242 g/mol. The van der Waals surface area contributed by atoms with Crippen LogP contribution in [0.25, 0.3) is 0 Å². The summed E-state index contributed by atoms with van der Waals surface area (Å²) in [4.78, 5) is 0.153. The summed E-state index contributed by atoms with van der Waals surface area (Å²) in [6, 6.07) is 7.06. The molecule has 0 bridgehead atoms. The molecule has 0 saturated carbocycles. The minimum atomic E-state index is -3.58. The van der Waals surface area contributed by atoms with E-state index in [1.807, 2.05) is 0 Å². The van der Waals surface area contributed by atoms with E-state index in [2.05, 4.69) is 19.2 Å². The molecule has 16 heavy (non-hydrogen) atoms. The van der Waals surface area contributed by atoms with Crippen LogP contribution < -0.4 is 10.5 Å². The molecule has 1 rings (SSSR count). The monoisotopic (exact) mass is 242 g/mol. The predicted octanol–water partition coefficient (Wildman–Crippen LogP) is 1.22. The first kappa shape index (κ1) is 13.2. The van der Waals surface area contributed by atoms with Gasteiger partial charge in [-0.15, -0.1) is 0 Å². The summed E-state index contributed by atoms with van der Waals surface area (Å²) in [6.45, 7) is 4.96. The Labute approximate surface area is 96.9 Å². The summed E-state index contributed by atoms with van der Waals surface area (Å²) < 4.78 is 22.0. The molecule has 0 amide bonds. The van der Waals surface area contributed by atoms with Crippen LogP contribution in [0, 0.1) is 0 Å². The normalized spacial score (nSPS) is 13.7. The van der Waals surface area contributed by atoms with E-state index in [0.717, 1.165) is 18.5 Å². The highest BCUT2D eigenvalue weighted by molar-refractivity contribution is 7.89. The predicted molar refractivity (Wildman–Crippen MR) is 64.4 cm³/mol. The molecule has 1 atom stereocenters. The Balaban J connectivity index is 2.66. The number of hydrogen-bond acceptors (Lipinski definition) is 3. The molecule has 0 aliphatic heterocycles. The zero-order valence-corrected chi connectivity index (χ0v) is 10.4. The Morgan fingerprint density at radius 2 is 1.88 bits per heavy atom. The average Bonchev–Trinajstić information content (AvgIpc) is 2.25. The molecule has 0 aliphatic carbocycles. The van der Waals surface area contributed by atoms with Gasteiger partial charge < -0.3 is 5.32 Å². The zero-order valence-electron chi connectivity index (χ0n) is 9.60. The van der Waals surface area contributed by atoms with Gasteiger partial charge in [0.25, 0.3) is 0 Å². The second-order valence-corrected chi connectivity index (χ2v) is 5.44. The van der Waals surface area contributed by atoms with Crippen LogP contribution in [0.2, 0.25) is 0 Å². The molecule has 0 radical (unpaired) electrons. The number of hydrogen-bond donors (Lipinski definition) is 2. The van der Waals surface area contributed by atoms with Gasteiger partial charge in [0.15, 0.2) is 0 Å². The molecule has 0 aliphatic rings. The van der Waals surface area contributed by atoms with E-state index in [1.165, 1.54) is 12.1 Å². The number of primary sulfonamides is 1. The lowest BCUT2D eigenvalue weighted by molar-refractivity contribution is 0.534. The Hall–Kier alpha value is -0.910. The lowest BCUT2D eigenvalue weighted by Gasteiger charge is -2.11. The Morgan fingerprint density at radius 1 is 1.31 bits per heavy atom. The van der Waals surface area contributed by atoms with Gasteiger partial charge in [0.05, 0.1) is 4.90 Å². The fraction of sp³-hybridized carbons (Fsp3) is 0.455. The van der Waals surface area contributed by atoms with Crippen molar-refractivity contribution in [2.45, 2.75) is 37.8 Å². The summed E-state index contributed by atoms with van der Waals surface area (Å²) in [5.41, 5.74) is 1.05. The third-order valence-corrected chi connectivity index (χ3v) is 3.45. The molecule has 0 spiro atoms. The topological polar surface area (TPSA) is 72.2 Å². The van der Waals surface area contributed by atoms with Crippen LogP contribution in [-0.2, 0) is 16.6 Å². The standard InChI is InChI=1S/C11H18N2O2S/c1-3-9(2)13-8-10-4-6-11(7-5-10)16(12,14)15/h4-7,9,13H,3,8H2,1-2H3,(H2,12,14,15). The molecule has 1 unspecified atom stereocenters. The molecular formula is C11H18N2O2S. The minimum Gasteiger partial charge on any atom is -0.310 e. The highest BCUT2D eigenvalue weighted by Gasteiger charge is 2.06. The van der Waals surface area contributed by atoms with Crippen molar-refractivity contribution >= 4 is 10.0 Å². The number of nitrogens with two attached hydrogens (primary N) is 1. The maximum Gasteiger partial charge on any atom is 0.238 e. The first-order valence-corrected chi connectivity index (χ1v) is 6.83. The van der Waals surface area contributed by atoms with Gasteiger partial charge in [0.1, 0.15) is 0 Å². The van der Waals surface area contributed by atoms with Gasteiger partial charge >= 0.3 is 0 Å². The quantitative estimate of drug-likeness (QED) is 0.815. The highest BCUT2D eigenvalue weighted by Crippen LogP contribution is 2.08. The van der Waals surface area contributed by atoms with E-state index in [-0.39, 0.29) is 4.90 Å². The summed E-state index contributed by atoms with van der Waals surface area (Å²) in [5.74, 6) is 0. The third-order valence-electron chi connectivity index (χ3n) is 2.52. The maximum atomic E-state index is 11.0. The van der Waals surface area contributed by atoms with Crippen LogP contribution in [0.1, 0.15) is 25.8 Å². The molecule has 0 saturated heterocycles. The first-order valence-electron chi connectivity index (χ1n) is 5.28. The molecule has 1 aromatic carbocycles. The second-order valence-electron chi connectivity index (χ2n) is 3.88. The van der Waals surface area contributed by atoms with Crippen molar-refractivity contribution in [3.05, 3.63) is 29.8 Å². The third kappa shape index (κ3) is 3.92. The van der Waals surface area contributed by atoms with Crippen LogP contribution >= 0.6 is 0 Å². The second kappa shape index (κ2) is 5.43. The zero-order chi connectivity index (χ0) is 12.2. The number of benzene rings is 1. The molecule has 3 N–H and O–H groups in total. The molecule has 0 aromatic heterocycles. The van der Waals surface area contributed by atoms with Crippen molar-refractivity contribution in [2.75, 3.05) is 0 Å². The van der Waals surface area contributed by atoms with E-state index >= 15 is 0 Å². The Morgan fingerprint density at radius 3 is 2.31 bits per heavy atom. The highest BCUT2D eigenvalue weighted by atomic mass is 32.2. The summed E-state index contributed by atoms with van der Waals surface area (Å²) in [5, 5.41) is 8.33. The van der Waals surface area contributed by atoms with Crippen molar-refractivity contribution in [2.24, 2.45) is 5.14 Å². The van der Waals surface area contributed by atoms with Crippen molar-refractivity contribution in [1.82, 2.24) is 5.32 Å². The molecule has 1 aromatic rings. The molecular weight excluding hydrogens is 224 g/mol. The van der Waals surface area contributed by atoms with E-state index in [1.54, 1.807) is 12.1 Å². The minimum absolute atomic E-state index is 0.153. The van der Waals surface area contributed by atoms with Crippen molar-refractivity contribution in [3.8, 4) is 0 Å². The van der Waals surface area contributed by atoms with Gasteiger partial charge in [-0.1, -0.05) is 19.1 Å². The van der Waals surface area contributed by atoms with Crippen molar-refractivity contribution < 1.29 is 8.42 Å². The fourth-order valence-corrected chi connectivity index (χ4v) is 1.75. The summed E-state index contributed by atoms with van der Waals surface area (Å²) in [6.07, 6.45) is 1.06. The van der Waals surface area contributed by atoms with E-state index in [9.17, 15) is 8.42 Å². The van der Waals surface area contributed by atoms with Gasteiger partial charge in [0.2, 0.25) is 10.0 Å². The van der Waals surface area contributed by atoms with Gasteiger partial charge in [0, 0.05) is 12.6 Å². The number of nitrogens with one attached hydrogen (secondary N) is 1. The molecule has 0 heterocycles. The number of sulfonamides is 1.